The molecule has 6 heterocycles. The summed E-state index contributed by atoms with van der Waals surface area (Å²) in [6, 6.07) is -10.2. The molecule has 6 aliphatic heterocycles. The lowest BCUT2D eigenvalue weighted by molar-refractivity contribution is -0.406. The van der Waals surface area contributed by atoms with Crippen LogP contribution in [0.2, 0.25) is 0 Å². The van der Waals surface area contributed by atoms with E-state index in [1.54, 1.807) is 0 Å². The third kappa shape index (κ3) is 24.2. The molecule has 0 aromatic heterocycles. The maximum absolute atomic E-state index is 16.3. The Kier molecular flexibility index (Phi) is 41.1. The smallest absolute Gasteiger partial charge is 0.356 e. The van der Waals surface area contributed by atoms with Crippen molar-refractivity contribution in [3.63, 3.8) is 0 Å². The summed E-state index contributed by atoms with van der Waals surface area (Å²) in [4.78, 5) is 31.3. The molecule has 0 aliphatic carbocycles. The normalized spacial score (nSPS) is 39.5. The van der Waals surface area contributed by atoms with Gasteiger partial charge in [0, 0.05) is 12.8 Å². The van der Waals surface area contributed by atoms with E-state index in [1.807, 2.05) is 0 Å². The Labute approximate surface area is 633 Å². The molecule has 36 heteroatoms. The molecule has 0 radical (unpaired) electrons. The summed E-state index contributed by atoms with van der Waals surface area (Å²) in [7, 11) is 0. The van der Waals surface area contributed by atoms with E-state index < -0.39 is 253 Å². The summed E-state index contributed by atoms with van der Waals surface area (Å²) in [6.45, 7) is -2.57. The van der Waals surface area contributed by atoms with Gasteiger partial charge in [0.05, 0.1) is 69.3 Å². The first-order valence-electron chi connectivity index (χ1n) is 39.7. The standard InChI is InChI=1S/C72H136N6O30/c1-3-5-7-9-11-13-15-17-19-20-22-24-26-28-30-32-44(85)105-70(33-31-29-27-25-23-21-18-16-14-12-10-8-6-4-2,71(38-83)61(92)55(90)49(77)67(106-71)103-59-42(36-81)99-65(47(75)53(59)88)101-57-40(34-79)97-63(94)45(73)51(57)86)69(96)108-72(39-84)62(93)56(91)50(78)68(107-72)104-60-43(37-82)100-66(48(76)54(60)89)102-58-41(35-80)98-64(95)46(74)52(58)87/h40-43,45-68,79-84,86-95H,3-39,73-78H2,1-2H3/t40-,41-,42-,43-,45-,46-,47-,48-,49-,50-,51-,52-,53-,54-,55-,56-,57?,58?,59?,60?,61+,62+,63-,64-,65+,66+,67+,68+,70?,71-,72-/m1/s1. The minimum Gasteiger partial charge on any atom is -0.444 e. The van der Waals surface area contributed by atoms with Crippen LogP contribution in [0.4, 0.5) is 0 Å². The van der Waals surface area contributed by atoms with Gasteiger partial charge in [0.25, 0.3) is 5.79 Å². The fourth-order valence-electron chi connectivity index (χ4n) is 15.3. The number of aliphatic hydroxyl groups is 16. The lowest BCUT2D eigenvalue weighted by Gasteiger charge is -2.56. The number of carbonyl (C=O) groups is 2. The van der Waals surface area contributed by atoms with Crippen molar-refractivity contribution in [1.82, 2.24) is 0 Å². The summed E-state index contributed by atoms with van der Waals surface area (Å²) in [5.74, 6) is -6.37. The first-order valence-corrected chi connectivity index (χ1v) is 39.7. The largest absolute Gasteiger partial charge is 0.444 e. The fourth-order valence-corrected chi connectivity index (χ4v) is 15.3. The molecule has 108 heavy (non-hydrogen) atoms. The number of hydrogen-bond donors (Lipinski definition) is 22. The van der Waals surface area contributed by atoms with E-state index in [0.717, 1.165) is 77.0 Å². The van der Waals surface area contributed by atoms with Gasteiger partial charge in [-0.25, -0.2) is 4.79 Å². The van der Waals surface area contributed by atoms with Crippen LogP contribution in [-0.4, -0.2) is 322 Å². The van der Waals surface area contributed by atoms with Crippen molar-refractivity contribution in [1.29, 1.82) is 0 Å². The highest BCUT2D eigenvalue weighted by Gasteiger charge is 2.72. The Bertz CT molecular complexity index is 2500. The molecule has 0 saturated carbocycles. The van der Waals surface area contributed by atoms with E-state index in [-0.39, 0.29) is 19.3 Å². The minimum absolute atomic E-state index is 0.145. The van der Waals surface area contributed by atoms with Gasteiger partial charge in [0.15, 0.2) is 43.3 Å². The van der Waals surface area contributed by atoms with Gasteiger partial charge >= 0.3 is 11.9 Å². The molecule has 0 amide bonds. The zero-order chi connectivity index (χ0) is 79.5. The molecular formula is C72H136N6O30. The summed E-state index contributed by atoms with van der Waals surface area (Å²) in [5, 5.41) is 181. The number of hydrogen-bond acceptors (Lipinski definition) is 36. The molecule has 0 aromatic rings. The van der Waals surface area contributed by atoms with Gasteiger partial charge in [-0.3, -0.25) is 4.79 Å². The second kappa shape index (κ2) is 47.0. The monoisotopic (exact) mass is 1560 g/mol. The predicted octanol–water partition coefficient (Wildman–Crippen LogP) is -3.68. The van der Waals surface area contributed by atoms with Crippen molar-refractivity contribution in [2.24, 2.45) is 34.4 Å². The van der Waals surface area contributed by atoms with Crippen molar-refractivity contribution in [3.05, 3.63) is 0 Å². The highest BCUT2D eigenvalue weighted by Crippen LogP contribution is 2.48. The first-order chi connectivity index (χ1) is 51.7. The number of aliphatic hydroxyl groups excluding tert-OH is 16. The van der Waals surface area contributed by atoms with Crippen LogP contribution in [0.5, 0.6) is 0 Å². The molecule has 0 spiro atoms. The van der Waals surface area contributed by atoms with Crippen LogP contribution in [0.3, 0.4) is 0 Å². The number of unbranched alkanes of at least 4 members (excludes halogenated alkanes) is 27. The zero-order valence-electron chi connectivity index (χ0n) is 63.2. The minimum atomic E-state index is -3.32. The van der Waals surface area contributed by atoms with E-state index >= 15 is 4.79 Å². The van der Waals surface area contributed by atoms with Crippen molar-refractivity contribution in [3.8, 4) is 0 Å². The lowest BCUT2D eigenvalue weighted by Crippen LogP contribution is -2.80. The molecule has 6 aliphatic rings. The molecule has 0 aromatic carbocycles. The number of carbonyl (C=O) groups excluding carboxylic acids is 2. The molecule has 6 saturated heterocycles. The maximum atomic E-state index is 16.3. The van der Waals surface area contributed by atoms with E-state index in [2.05, 4.69) is 13.8 Å². The van der Waals surface area contributed by atoms with Crippen molar-refractivity contribution < 1.29 is 148 Å². The summed E-state index contributed by atoms with van der Waals surface area (Å²) >= 11 is 0. The molecule has 6 rings (SSSR count). The van der Waals surface area contributed by atoms with Crippen LogP contribution in [0.15, 0.2) is 0 Å². The highest BCUT2D eigenvalue weighted by molar-refractivity contribution is 5.86. The number of ether oxygens (including phenoxy) is 12. The molecule has 634 valence electrons. The van der Waals surface area contributed by atoms with Gasteiger partial charge in [-0.05, 0) is 12.8 Å². The van der Waals surface area contributed by atoms with Gasteiger partial charge < -0.3 is 173 Å². The third-order valence-corrected chi connectivity index (χ3v) is 22.3. The van der Waals surface area contributed by atoms with Crippen molar-refractivity contribution in [2.45, 2.75) is 402 Å². The SMILES string of the molecule is CCCCCCCCCCCCCCCCCC(=O)OC(CCCCCCCCCCCCCCCC)(C(=O)O[C@@]1(CO)O[C@H](OC2[C@@H](CO)O[C@@H](OC3[C@@H](CO)O[C@@H](O)[C@H](N)[C@H]3O)[C@H](N)[C@H]2O)[C@H](N)[C@@H](O)[C@@H]1O)[C@]1(CO)O[C@H](OC2[C@@H](CO)O[C@@H](OC3[C@@H](CO)O[C@@H](O)[C@H](N)[C@H]3O)[C@H](N)[C@H]2O)[C@H](N)[C@@H](O)[C@@H]1O. The maximum Gasteiger partial charge on any atom is 0.356 e. The van der Waals surface area contributed by atoms with E-state index in [9.17, 15) is 86.5 Å². The lowest BCUT2D eigenvalue weighted by atomic mass is 9.71. The Morgan fingerprint density at radius 1 is 0.361 bits per heavy atom. The Balaban J connectivity index is 1.34. The molecule has 6 fully saturated rings. The summed E-state index contributed by atoms with van der Waals surface area (Å²) in [5.41, 5.74) is 31.3. The Hall–Kier alpha value is -2.34. The second-order valence-corrected chi connectivity index (χ2v) is 30.4. The molecule has 36 nitrogen and oxygen atoms in total. The predicted molar refractivity (Wildman–Crippen MR) is 382 cm³/mol. The van der Waals surface area contributed by atoms with Crippen molar-refractivity contribution >= 4 is 11.9 Å². The average molecular weight is 1570 g/mol. The van der Waals surface area contributed by atoms with Gasteiger partial charge in [0.1, 0.15) is 104 Å². The van der Waals surface area contributed by atoms with Crippen LogP contribution in [0.1, 0.15) is 213 Å². The highest BCUT2D eigenvalue weighted by atomic mass is 16.8. The molecule has 28 N–H and O–H groups in total. The summed E-state index contributed by atoms with van der Waals surface area (Å²) in [6.07, 6.45) is -16.3. The number of nitrogens with two attached hydrogens (primary N) is 6. The molecular weight excluding hydrogens is 1430 g/mol. The van der Waals surface area contributed by atoms with Crippen LogP contribution < -0.4 is 34.4 Å². The quantitative estimate of drug-likeness (QED) is 0.0206. The number of rotatable bonds is 49. The Morgan fingerprint density at radius 2 is 0.667 bits per heavy atom. The second-order valence-electron chi connectivity index (χ2n) is 30.4. The molecule has 0 bridgehead atoms. The van der Waals surface area contributed by atoms with Gasteiger partial charge in [-0.1, -0.05) is 187 Å². The number of esters is 2. The van der Waals surface area contributed by atoms with Gasteiger partial charge in [0.2, 0.25) is 5.60 Å². The Morgan fingerprint density at radius 3 is 1.02 bits per heavy atom. The fraction of sp³-hybridized carbons (Fsp3) is 0.972. The van der Waals surface area contributed by atoms with Gasteiger partial charge in [-0.15, -0.1) is 0 Å². The van der Waals surface area contributed by atoms with Crippen LogP contribution in [0, 0.1) is 0 Å². The third-order valence-electron chi connectivity index (χ3n) is 22.3. The average Bonchev–Trinajstić information content (AvgIpc) is 0.710. The van der Waals surface area contributed by atoms with E-state index in [1.165, 1.54) is 64.2 Å². The summed E-state index contributed by atoms with van der Waals surface area (Å²) < 4.78 is 71.9. The topological polar surface area (TPSA) is 625 Å². The molecule has 5 unspecified atom stereocenters. The van der Waals surface area contributed by atoms with E-state index in [0.29, 0.717) is 25.7 Å². The van der Waals surface area contributed by atoms with Gasteiger partial charge in [-0.2, -0.15) is 0 Å². The van der Waals surface area contributed by atoms with Crippen molar-refractivity contribution in [2.75, 3.05) is 39.6 Å². The zero-order valence-corrected chi connectivity index (χ0v) is 63.2. The van der Waals surface area contributed by atoms with Crippen LogP contribution in [0.25, 0.3) is 0 Å². The van der Waals surface area contributed by atoms with E-state index in [4.69, 9.17) is 91.2 Å². The first kappa shape index (κ1) is 94.5. The van der Waals surface area contributed by atoms with Crippen LogP contribution >= 0.6 is 0 Å². The van der Waals surface area contributed by atoms with Crippen LogP contribution in [-0.2, 0) is 66.4 Å². The molecule has 31 atom stereocenters.